The van der Waals surface area contributed by atoms with E-state index in [0.29, 0.717) is 21.3 Å². The molecule has 0 bridgehead atoms. The molecule has 0 saturated heterocycles. The van der Waals surface area contributed by atoms with Gasteiger partial charge in [-0.25, -0.2) is 0 Å². The average molecular weight is 324 g/mol. The molecule has 2 aromatic rings. The van der Waals surface area contributed by atoms with Crippen molar-refractivity contribution in [3.05, 3.63) is 58.1 Å². The van der Waals surface area contributed by atoms with Crippen molar-refractivity contribution in [3.63, 3.8) is 0 Å². The Labute approximate surface area is 133 Å². The van der Waals surface area contributed by atoms with Crippen molar-refractivity contribution in [1.82, 2.24) is 0 Å². The molecule has 0 heterocycles. The molecular formula is C16H15Cl2NO2. The van der Waals surface area contributed by atoms with E-state index in [1.807, 2.05) is 13.8 Å². The molecule has 3 nitrogen and oxygen atoms in total. The van der Waals surface area contributed by atoms with Gasteiger partial charge in [0.25, 0.3) is 5.91 Å². The van der Waals surface area contributed by atoms with Crippen LogP contribution in [0.4, 0.5) is 5.69 Å². The van der Waals surface area contributed by atoms with Crippen LogP contribution in [0.1, 0.15) is 24.2 Å². The lowest BCUT2D eigenvalue weighted by Crippen LogP contribution is -2.12. The highest BCUT2D eigenvalue weighted by Crippen LogP contribution is 2.29. The third-order valence-corrected chi connectivity index (χ3v) is 3.51. The predicted molar refractivity (Wildman–Crippen MR) is 86.6 cm³/mol. The molecule has 0 saturated carbocycles. The topological polar surface area (TPSA) is 38.3 Å². The number of hydrogen-bond acceptors (Lipinski definition) is 2. The summed E-state index contributed by atoms with van der Waals surface area (Å²) in [7, 11) is 0. The van der Waals surface area contributed by atoms with Gasteiger partial charge < -0.3 is 10.1 Å². The number of hydrogen-bond donors (Lipinski definition) is 1. The first-order chi connectivity index (χ1) is 9.97. The van der Waals surface area contributed by atoms with Crippen LogP contribution >= 0.6 is 23.2 Å². The first-order valence-electron chi connectivity index (χ1n) is 6.49. The first-order valence-corrected chi connectivity index (χ1v) is 7.25. The Morgan fingerprint density at radius 3 is 2.38 bits per heavy atom. The van der Waals surface area contributed by atoms with Crippen LogP contribution in [0.3, 0.4) is 0 Å². The van der Waals surface area contributed by atoms with Crippen LogP contribution in [0.5, 0.6) is 5.75 Å². The van der Waals surface area contributed by atoms with Crippen molar-refractivity contribution >= 4 is 34.8 Å². The number of carbonyl (C=O) groups excluding carboxylic acids is 1. The summed E-state index contributed by atoms with van der Waals surface area (Å²) in [5.41, 5.74) is 0.999. The monoisotopic (exact) mass is 323 g/mol. The zero-order chi connectivity index (χ0) is 15.4. The maximum Gasteiger partial charge on any atom is 0.255 e. The standard InChI is InChI=1S/C16H15Cl2NO2/c1-10(2)21-12-8-6-11(7-9-12)16(20)19-14-5-3-4-13(17)15(14)18/h3-10H,1-2H3,(H,19,20). The number of amides is 1. The molecule has 2 rings (SSSR count). The highest BCUT2D eigenvalue weighted by molar-refractivity contribution is 6.44. The van der Waals surface area contributed by atoms with Crippen molar-refractivity contribution in [2.45, 2.75) is 20.0 Å². The van der Waals surface area contributed by atoms with Crippen LogP contribution in [-0.4, -0.2) is 12.0 Å². The van der Waals surface area contributed by atoms with E-state index in [9.17, 15) is 4.79 Å². The van der Waals surface area contributed by atoms with Crippen LogP contribution in [0.25, 0.3) is 0 Å². The molecule has 2 aromatic carbocycles. The number of ether oxygens (including phenoxy) is 1. The van der Waals surface area contributed by atoms with E-state index in [1.165, 1.54) is 0 Å². The van der Waals surface area contributed by atoms with Gasteiger partial charge >= 0.3 is 0 Å². The zero-order valence-corrected chi connectivity index (χ0v) is 13.2. The molecule has 1 amide bonds. The van der Waals surface area contributed by atoms with E-state index in [2.05, 4.69) is 5.32 Å². The molecule has 0 aliphatic rings. The van der Waals surface area contributed by atoms with Crippen molar-refractivity contribution in [2.24, 2.45) is 0 Å². The minimum atomic E-state index is -0.254. The Hall–Kier alpha value is -1.71. The highest BCUT2D eigenvalue weighted by Gasteiger charge is 2.10. The highest BCUT2D eigenvalue weighted by atomic mass is 35.5. The Morgan fingerprint density at radius 1 is 1.10 bits per heavy atom. The quantitative estimate of drug-likeness (QED) is 0.856. The third kappa shape index (κ3) is 4.13. The lowest BCUT2D eigenvalue weighted by atomic mass is 10.2. The Kier molecular flexibility index (Phi) is 5.10. The molecule has 21 heavy (non-hydrogen) atoms. The van der Waals surface area contributed by atoms with Gasteiger partial charge in [-0.2, -0.15) is 0 Å². The number of anilines is 1. The zero-order valence-electron chi connectivity index (χ0n) is 11.7. The number of nitrogens with one attached hydrogen (secondary N) is 1. The summed E-state index contributed by atoms with van der Waals surface area (Å²) in [5.74, 6) is 0.470. The molecular weight excluding hydrogens is 309 g/mol. The molecule has 110 valence electrons. The number of carbonyl (C=O) groups is 1. The maximum absolute atomic E-state index is 12.2. The first kappa shape index (κ1) is 15.7. The lowest BCUT2D eigenvalue weighted by Gasteiger charge is -2.11. The second-order valence-electron chi connectivity index (χ2n) is 4.75. The molecule has 0 aromatic heterocycles. The summed E-state index contributed by atoms with van der Waals surface area (Å²) in [4.78, 5) is 12.2. The fourth-order valence-electron chi connectivity index (χ4n) is 1.75. The molecule has 0 aliphatic heterocycles. The summed E-state index contributed by atoms with van der Waals surface area (Å²) in [5, 5.41) is 3.46. The van der Waals surface area contributed by atoms with Gasteiger partial charge in [-0.1, -0.05) is 29.3 Å². The van der Waals surface area contributed by atoms with Crippen molar-refractivity contribution in [1.29, 1.82) is 0 Å². The van der Waals surface area contributed by atoms with E-state index >= 15 is 0 Å². The van der Waals surface area contributed by atoms with E-state index in [-0.39, 0.29) is 12.0 Å². The van der Waals surface area contributed by atoms with E-state index < -0.39 is 0 Å². The molecule has 0 aliphatic carbocycles. The smallest absolute Gasteiger partial charge is 0.255 e. The van der Waals surface area contributed by atoms with Crippen LogP contribution < -0.4 is 10.1 Å². The normalized spacial score (nSPS) is 10.5. The Balaban J connectivity index is 2.11. The third-order valence-electron chi connectivity index (χ3n) is 2.69. The van der Waals surface area contributed by atoms with Crippen molar-refractivity contribution in [2.75, 3.05) is 5.32 Å². The molecule has 0 unspecified atom stereocenters. The summed E-state index contributed by atoms with van der Waals surface area (Å²) in [6.45, 7) is 3.89. The molecule has 0 atom stereocenters. The van der Waals surface area contributed by atoms with Gasteiger partial charge in [0.1, 0.15) is 5.75 Å². The van der Waals surface area contributed by atoms with E-state index in [0.717, 1.165) is 5.75 Å². The van der Waals surface area contributed by atoms with Crippen LogP contribution in [0.15, 0.2) is 42.5 Å². The molecule has 5 heteroatoms. The van der Waals surface area contributed by atoms with E-state index in [4.69, 9.17) is 27.9 Å². The van der Waals surface area contributed by atoms with Gasteiger partial charge in [0.05, 0.1) is 21.8 Å². The molecule has 0 spiro atoms. The van der Waals surface area contributed by atoms with Crippen LogP contribution in [0.2, 0.25) is 10.0 Å². The van der Waals surface area contributed by atoms with Crippen LogP contribution in [0, 0.1) is 0 Å². The van der Waals surface area contributed by atoms with Gasteiger partial charge in [-0.05, 0) is 50.2 Å². The van der Waals surface area contributed by atoms with E-state index in [1.54, 1.807) is 42.5 Å². The minimum absolute atomic E-state index is 0.0925. The summed E-state index contributed by atoms with van der Waals surface area (Å²) < 4.78 is 5.53. The second-order valence-corrected chi connectivity index (χ2v) is 5.53. The molecule has 0 radical (unpaired) electrons. The fourth-order valence-corrected chi connectivity index (χ4v) is 2.10. The summed E-state index contributed by atoms with van der Waals surface area (Å²) >= 11 is 12.0. The van der Waals surface area contributed by atoms with Gasteiger partial charge in [-0.15, -0.1) is 0 Å². The summed E-state index contributed by atoms with van der Waals surface area (Å²) in [6.07, 6.45) is 0.0925. The number of benzene rings is 2. The molecule has 0 fully saturated rings. The number of rotatable bonds is 4. The predicted octanol–water partition coefficient (Wildman–Crippen LogP) is 5.03. The Morgan fingerprint density at radius 2 is 1.76 bits per heavy atom. The lowest BCUT2D eigenvalue weighted by molar-refractivity contribution is 0.102. The SMILES string of the molecule is CC(C)Oc1ccc(C(=O)Nc2cccc(Cl)c2Cl)cc1. The van der Waals surface area contributed by atoms with Gasteiger partial charge in [0.2, 0.25) is 0 Å². The van der Waals surface area contributed by atoms with Crippen molar-refractivity contribution < 1.29 is 9.53 Å². The maximum atomic E-state index is 12.2. The Bertz CT molecular complexity index is 639. The largest absolute Gasteiger partial charge is 0.491 e. The second kappa shape index (κ2) is 6.83. The number of halogens is 2. The van der Waals surface area contributed by atoms with Crippen LogP contribution in [-0.2, 0) is 0 Å². The molecule has 1 N–H and O–H groups in total. The van der Waals surface area contributed by atoms with Gasteiger partial charge in [0.15, 0.2) is 0 Å². The average Bonchev–Trinajstić information content (AvgIpc) is 2.44. The summed E-state index contributed by atoms with van der Waals surface area (Å²) in [6, 6.07) is 12.0. The minimum Gasteiger partial charge on any atom is -0.491 e. The van der Waals surface area contributed by atoms with Gasteiger partial charge in [-0.3, -0.25) is 4.79 Å². The fraction of sp³-hybridized carbons (Fsp3) is 0.188. The van der Waals surface area contributed by atoms with Crippen molar-refractivity contribution in [3.8, 4) is 5.75 Å². The van der Waals surface area contributed by atoms with Gasteiger partial charge in [0, 0.05) is 5.56 Å².